The monoisotopic (exact) mass is 582 g/mol. The number of carbonyl (C=O) groups excluding carboxylic acids is 1. The minimum absolute atomic E-state index is 0. The van der Waals surface area contributed by atoms with Gasteiger partial charge >= 0.3 is 0 Å². The maximum Gasteiger partial charge on any atom is 0.253 e. The van der Waals surface area contributed by atoms with Crippen molar-refractivity contribution in [2.24, 2.45) is 0 Å². The molecule has 0 bridgehead atoms. The summed E-state index contributed by atoms with van der Waals surface area (Å²) in [6, 6.07) is 15.8. The van der Waals surface area contributed by atoms with Crippen molar-refractivity contribution in [3.63, 3.8) is 0 Å². The van der Waals surface area contributed by atoms with E-state index >= 15 is 0 Å². The lowest BCUT2D eigenvalue weighted by Crippen LogP contribution is -2.54. The zero-order valence-corrected chi connectivity index (χ0v) is 24.8. The Balaban J connectivity index is 0.00000380. The van der Waals surface area contributed by atoms with Crippen LogP contribution in [0, 0.1) is 0 Å². The van der Waals surface area contributed by atoms with Crippen molar-refractivity contribution in [3.8, 4) is 0 Å². The van der Waals surface area contributed by atoms with Gasteiger partial charge in [-0.2, -0.15) is 0 Å². The molecule has 0 aromatic heterocycles. The molecule has 2 aromatic rings. The van der Waals surface area contributed by atoms with Crippen molar-refractivity contribution in [2.75, 3.05) is 53.4 Å². The lowest BCUT2D eigenvalue weighted by atomic mass is 9.93. The van der Waals surface area contributed by atoms with Crippen LogP contribution in [0.2, 0.25) is 10.0 Å². The van der Waals surface area contributed by atoms with Gasteiger partial charge in [0.2, 0.25) is 0 Å². The van der Waals surface area contributed by atoms with E-state index in [1.807, 2.05) is 60.5 Å². The molecule has 0 saturated carbocycles. The maximum absolute atomic E-state index is 13.0. The number of hydrogen-bond donors (Lipinski definition) is 0. The van der Waals surface area contributed by atoms with Crippen LogP contribution in [-0.4, -0.2) is 90.0 Å². The second-order valence-electron chi connectivity index (χ2n) is 10.0. The number of carbonyl (C=O) groups is 1. The van der Waals surface area contributed by atoms with E-state index < -0.39 is 0 Å². The molecule has 0 N–H and O–H groups in total. The second kappa shape index (κ2) is 14.0. The normalized spacial score (nSPS) is 17.9. The quantitative estimate of drug-likeness (QED) is 0.353. The molecule has 0 radical (unpaired) electrons. The number of amides is 1. The van der Waals surface area contributed by atoms with Crippen LogP contribution in [0.4, 0.5) is 0 Å². The number of piperidine rings is 1. The van der Waals surface area contributed by atoms with Crippen molar-refractivity contribution < 1.29 is 4.79 Å². The van der Waals surface area contributed by atoms with Crippen LogP contribution in [0.3, 0.4) is 0 Å². The van der Waals surface area contributed by atoms with E-state index in [9.17, 15) is 4.79 Å². The first-order valence-electron chi connectivity index (χ1n) is 12.8. The van der Waals surface area contributed by atoms with E-state index in [0.717, 1.165) is 62.7 Å². The summed E-state index contributed by atoms with van der Waals surface area (Å²) < 4.78 is 0. The van der Waals surface area contributed by atoms with Crippen molar-refractivity contribution in [2.45, 2.75) is 37.6 Å². The Kier molecular flexibility index (Phi) is 11.3. The van der Waals surface area contributed by atoms with Crippen LogP contribution < -0.4 is 0 Å². The molecule has 2 heterocycles. The molecule has 1 unspecified atom stereocenters. The third-order valence-corrected chi connectivity index (χ3v) is 8.82. The van der Waals surface area contributed by atoms with Crippen molar-refractivity contribution >= 4 is 58.8 Å². The fourth-order valence-corrected chi connectivity index (χ4v) is 6.00. The molecule has 4 rings (SSSR count). The van der Waals surface area contributed by atoms with Crippen molar-refractivity contribution in [3.05, 3.63) is 69.7 Å². The minimum atomic E-state index is 0. The zero-order chi connectivity index (χ0) is 25.7. The van der Waals surface area contributed by atoms with Gasteiger partial charge < -0.3 is 19.6 Å². The topological polar surface area (TPSA) is 30.0 Å². The number of halogens is 3. The average molecular weight is 584 g/mol. The van der Waals surface area contributed by atoms with Crippen LogP contribution in [0.5, 0.6) is 0 Å². The number of likely N-dealkylation sites (tertiary alicyclic amines) is 1. The van der Waals surface area contributed by atoms with Gasteiger partial charge in [0.25, 0.3) is 5.91 Å². The predicted octanol–water partition coefficient (Wildman–Crippen LogP) is 6.05. The number of thiocarbonyl (C=S) groups is 1. The molecule has 9 heteroatoms. The highest BCUT2D eigenvalue weighted by Gasteiger charge is 2.30. The third kappa shape index (κ3) is 7.73. The maximum atomic E-state index is 13.0. The minimum Gasteiger partial charge on any atom is -0.352 e. The molecule has 1 amide bonds. The highest BCUT2D eigenvalue weighted by atomic mass is 35.5. The summed E-state index contributed by atoms with van der Waals surface area (Å²) in [5.41, 5.74) is 1.82. The van der Waals surface area contributed by atoms with Gasteiger partial charge in [-0.15, -0.1) is 12.4 Å². The van der Waals surface area contributed by atoms with E-state index in [4.69, 9.17) is 35.4 Å². The SMILES string of the molecule is CN(CC(CCN1CCC(N2CCCN(C)C2=S)CC1)c1ccc(Cl)c(Cl)c1)C(=O)c1ccccc1.Cl. The van der Waals surface area contributed by atoms with Gasteiger partial charge in [0, 0.05) is 64.3 Å². The second-order valence-corrected chi connectivity index (χ2v) is 11.2. The summed E-state index contributed by atoms with van der Waals surface area (Å²) in [5.74, 6) is 0.197. The lowest BCUT2D eigenvalue weighted by molar-refractivity contribution is 0.0780. The Labute approximate surface area is 243 Å². The molecule has 37 heavy (non-hydrogen) atoms. The highest BCUT2D eigenvalue weighted by Crippen LogP contribution is 2.30. The molecule has 1 atom stereocenters. The molecular weight excluding hydrogens is 547 g/mol. The summed E-state index contributed by atoms with van der Waals surface area (Å²) in [4.78, 5) is 22.1. The Hall–Kier alpha value is -1.57. The molecular formula is C28H37Cl3N4OS. The number of nitrogens with zero attached hydrogens (tertiary/aromatic N) is 4. The first kappa shape index (κ1) is 30.0. The molecule has 2 aliphatic heterocycles. The van der Waals surface area contributed by atoms with Gasteiger partial charge in [-0.1, -0.05) is 47.5 Å². The number of rotatable bonds is 8. The van der Waals surface area contributed by atoms with Gasteiger partial charge in [-0.25, -0.2) is 0 Å². The Morgan fingerprint density at radius 1 is 1.05 bits per heavy atom. The molecule has 0 spiro atoms. The fourth-order valence-electron chi connectivity index (χ4n) is 5.36. The number of hydrogen-bond acceptors (Lipinski definition) is 3. The van der Waals surface area contributed by atoms with Crippen LogP contribution in [0.1, 0.15) is 47.5 Å². The lowest BCUT2D eigenvalue weighted by Gasteiger charge is -2.44. The van der Waals surface area contributed by atoms with Gasteiger partial charge in [-0.05, 0) is 74.3 Å². The Morgan fingerprint density at radius 2 is 1.76 bits per heavy atom. The van der Waals surface area contributed by atoms with E-state index in [1.54, 1.807) is 0 Å². The number of benzene rings is 2. The molecule has 202 valence electrons. The molecule has 2 fully saturated rings. The van der Waals surface area contributed by atoms with Crippen molar-refractivity contribution in [1.82, 2.24) is 19.6 Å². The van der Waals surface area contributed by atoms with Gasteiger partial charge in [0.1, 0.15) is 0 Å². The summed E-state index contributed by atoms with van der Waals surface area (Å²) in [5, 5.41) is 2.11. The third-order valence-electron chi connectivity index (χ3n) is 7.53. The summed E-state index contributed by atoms with van der Waals surface area (Å²) >= 11 is 18.3. The molecule has 2 aromatic carbocycles. The number of likely N-dealkylation sites (N-methyl/N-ethyl adjacent to an activating group) is 1. The predicted molar refractivity (Wildman–Crippen MR) is 160 cm³/mol. The van der Waals surface area contributed by atoms with Gasteiger partial charge in [-0.3, -0.25) is 4.79 Å². The van der Waals surface area contributed by atoms with Gasteiger partial charge in [0.05, 0.1) is 10.0 Å². The van der Waals surface area contributed by atoms with E-state index in [1.165, 1.54) is 6.42 Å². The van der Waals surface area contributed by atoms with Crippen molar-refractivity contribution in [1.29, 1.82) is 0 Å². The van der Waals surface area contributed by atoms with E-state index in [-0.39, 0.29) is 24.2 Å². The smallest absolute Gasteiger partial charge is 0.253 e. The largest absolute Gasteiger partial charge is 0.352 e. The van der Waals surface area contributed by atoms with Crippen LogP contribution in [-0.2, 0) is 0 Å². The van der Waals surface area contributed by atoms with Crippen LogP contribution >= 0.6 is 47.8 Å². The first-order valence-corrected chi connectivity index (χ1v) is 14.0. The Bertz CT molecular complexity index is 1050. The summed E-state index contributed by atoms with van der Waals surface area (Å²) in [6.07, 6.45) is 4.40. The zero-order valence-electron chi connectivity index (χ0n) is 21.6. The van der Waals surface area contributed by atoms with E-state index in [0.29, 0.717) is 28.2 Å². The summed E-state index contributed by atoms with van der Waals surface area (Å²) in [6.45, 7) is 5.88. The fraction of sp³-hybridized carbons (Fsp3) is 0.500. The van der Waals surface area contributed by atoms with E-state index in [2.05, 4.69) is 21.7 Å². The van der Waals surface area contributed by atoms with Crippen LogP contribution in [0.15, 0.2) is 48.5 Å². The summed E-state index contributed by atoms with van der Waals surface area (Å²) in [7, 11) is 3.98. The van der Waals surface area contributed by atoms with Crippen LogP contribution in [0.25, 0.3) is 0 Å². The molecule has 2 aliphatic rings. The first-order chi connectivity index (χ1) is 17.3. The Morgan fingerprint density at radius 3 is 2.43 bits per heavy atom. The molecule has 2 saturated heterocycles. The highest BCUT2D eigenvalue weighted by molar-refractivity contribution is 7.80. The molecule has 0 aliphatic carbocycles. The average Bonchev–Trinajstić information content (AvgIpc) is 2.90. The standard InChI is InChI=1S/C28H36Cl2N4OS.ClH/c1-31-14-6-15-34(28(31)36)24-12-17-33(18-13-24)16-11-23(22-9-10-25(29)26(30)19-22)20-32(2)27(35)21-7-4-3-5-8-21;/h3-5,7-10,19,23-24H,6,11-18,20H2,1-2H3;1H. The molecule has 5 nitrogen and oxygen atoms in total. The van der Waals surface area contributed by atoms with Gasteiger partial charge in [0.15, 0.2) is 5.11 Å².